The molecule has 4 heteroatoms. The van der Waals surface area contributed by atoms with E-state index in [1.54, 1.807) is 0 Å². The highest BCUT2D eigenvalue weighted by Gasteiger charge is 2.18. The van der Waals surface area contributed by atoms with Crippen LogP contribution in [0.4, 0.5) is 11.4 Å². The number of benzene rings is 4. The second-order valence-electron chi connectivity index (χ2n) is 8.62. The average Bonchev–Trinajstić information content (AvgIpc) is 3.60. The second kappa shape index (κ2) is 7.10. The Balaban J connectivity index is 1.22. The summed E-state index contributed by atoms with van der Waals surface area (Å²) in [5, 5.41) is 0. The first-order chi connectivity index (χ1) is 16.3. The fraction of sp³-hybridized carbons (Fsp3) is 0.0690. The molecule has 0 fully saturated rings. The molecule has 0 aliphatic carbocycles. The first-order valence-corrected chi connectivity index (χ1v) is 11.2. The lowest BCUT2D eigenvalue weighted by Crippen LogP contribution is -1.99. The number of nitrogens with zero attached hydrogens (tertiary/aromatic N) is 3. The van der Waals surface area contributed by atoms with E-state index in [0.29, 0.717) is 0 Å². The summed E-state index contributed by atoms with van der Waals surface area (Å²) in [6.07, 6.45) is 3.72. The smallest absolute Gasteiger partial charge is 0.138 e. The lowest BCUT2D eigenvalue weighted by Gasteiger charge is -2.03. The number of aromatic amines is 1. The van der Waals surface area contributed by atoms with E-state index in [1.807, 2.05) is 12.3 Å². The number of H-pyrrole nitrogens is 1. The Morgan fingerprint density at radius 3 is 2.42 bits per heavy atom. The predicted molar refractivity (Wildman–Crippen MR) is 135 cm³/mol. The lowest BCUT2D eigenvalue weighted by atomic mass is 10.0. The molecule has 1 aromatic heterocycles. The Morgan fingerprint density at radius 2 is 1.48 bits per heavy atom. The quantitative estimate of drug-likeness (QED) is 0.339. The van der Waals surface area contributed by atoms with E-state index in [1.165, 1.54) is 22.3 Å². The molecule has 5 aromatic rings. The highest BCUT2D eigenvalue weighted by atomic mass is 14.9. The molecule has 156 valence electrons. The minimum absolute atomic E-state index is 0.847. The Labute approximate surface area is 191 Å². The first kappa shape index (κ1) is 18.3. The standard InChI is InChI=1S/C29H20N4/c1-2-4-18(5-3-1)20-7-8-21-15-27(31-26(21)14-20)22-10-11-24-28(16-22)33-29(32-24)23-9-6-19-12-13-30-25(19)17-23/h1-11,13-14,16-17H,12,15H2,(H,32,33). The summed E-state index contributed by atoms with van der Waals surface area (Å²) < 4.78 is 0. The maximum Gasteiger partial charge on any atom is 0.138 e. The molecule has 0 unspecified atom stereocenters. The monoisotopic (exact) mass is 424 g/mol. The Morgan fingerprint density at radius 1 is 0.667 bits per heavy atom. The predicted octanol–water partition coefficient (Wildman–Crippen LogP) is 6.83. The summed E-state index contributed by atoms with van der Waals surface area (Å²) in [6, 6.07) is 29.8. The van der Waals surface area contributed by atoms with Gasteiger partial charge in [0.15, 0.2) is 0 Å². The molecule has 0 amide bonds. The Hall–Kier alpha value is -4.31. The molecule has 33 heavy (non-hydrogen) atoms. The third-order valence-corrected chi connectivity index (χ3v) is 6.52. The zero-order valence-electron chi connectivity index (χ0n) is 17.9. The number of aliphatic imine (C=N–C) groups is 2. The van der Waals surface area contributed by atoms with Gasteiger partial charge in [-0.15, -0.1) is 0 Å². The van der Waals surface area contributed by atoms with E-state index < -0.39 is 0 Å². The van der Waals surface area contributed by atoms with Crippen molar-refractivity contribution in [1.82, 2.24) is 9.97 Å². The van der Waals surface area contributed by atoms with Gasteiger partial charge in [0.1, 0.15) is 5.82 Å². The molecular formula is C29H20N4. The van der Waals surface area contributed by atoms with Crippen molar-refractivity contribution in [3.63, 3.8) is 0 Å². The van der Waals surface area contributed by atoms with Crippen molar-refractivity contribution in [2.45, 2.75) is 12.8 Å². The van der Waals surface area contributed by atoms with Crippen LogP contribution in [0.25, 0.3) is 33.5 Å². The molecule has 4 aromatic carbocycles. The fourth-order valence-corrected chi connectivity index (χ4v) is 4.73. The summed E-state index contributed by atoms with van der Waals surface area (Å²) >= 11 is 0. The van der Waals surface area contributed by atoms with Crippen molar-refractivity contribution in [3.8, 4) is 22.5 Å². The van der Waals surface area contributed by atoms with Crippen LogP contribution in [0.2, 0.25) is 0 Å². The number of hydrogen-bond donors (Lipinski definition) is 1. The van der Waals surface area contributed by atoms with Crippen molar-refractivity contribution in [2.24, 2.45) is 9.98 Å². The van der Waals surface area contributed by atoms with Gasteiger partial charge in [-0.3, -0.25) is 9.98 Å². The average molecular weight is 425 g/mol. The third kappa shape index (κ3) is 3.11. The van der Waals surface area contributed by atoms with Crippen LogP contribution in [0.15, 0.2) is 94.9 Å². The van der Waals surface area contributed by atoms with E-state index in [-0.39, 0.29) is 0 Å². The number of hydrogen-bond acceptors (Lipinski definition) is 3. The van der Waals surface area contributed by atoms with Gasteiger partial charge >= 0.3 is 0 Å². The van der Waals surface area contributed by atoms with E-state index >= 15 is 0 Å². The summed E-state index contributed by atoms with van der Waals surface area (Å²) in [6.45, 7) is 0. The van der Waals surface area contributed by atoms with Gasteiger partial charge in [-0.25, -0.2) is 4.98 Å². The third-order valence-electron chi connectivity index (χ3n) is 6.52. The van der Waals surface area contributed by atoms with Crippen molar-refractivity contribution < 1.29 is 0 Å². The van der Waals surface area contributed by atoms with Gasteiger partial charge in [0, 0.05) is 24.6 Å². The molecule has 7 rings (SSSR count). The lowest BCUT2D eigenvalue weighted by molar-refractivity contribution is 1.32. The number of aromatic nitrogens is 2. The Bertz CT molecular complexity index is 1610. The number of fused-ring (bicyclic) bond motifs is 3. The molecule has 0 saturated carbocycles. The van der Waals surface area contributed by atoms with Gasteiger partial charge in [-0.1, -0.05) is 60.7 Å². The van der Waals surface area contributed by atoms with Crippen molar-refractivity contribution in [1.29, 1.82) is 0 Å². The first-order valence-electron chi connectivity index (χ1n) is 11.2. The Kier molecular flexibility index (Phi) is 3.94. The molecule has 0 spiro atoms. The zero-order valence-corrected chi connectivity index (χ0v) is 17.9. The topological polar surface area (TPSA) is 53.4 Å². The number of nitrogens with one attached hydrogen (secondary N) is 1. The molecule has 0 saturated heterocycles. The summed E-state index contributed by atoms with van der Waals surface area (Å²) in [7, 11) is 0. The number of rotatable bonds is 3. The zero-order chi connectivity index (χ0) is 21.8. The van der Waals surface area contributed by atoms with Gasteiger partial charge in [0.05, 0.1) is 28.1 Å². The largest absolute Gasteiger partial charge is 0.338 e. The van der Waals surface area contributed by atoms with Crippen LogP contribution in [0, 0.1) is 0 Å². The van der Waals surface area contributed by atoms with E-state index in [2.05, 4.69) is 88.8 Å². The summed E-state index contributed by atoms with van der Waals surface area (Å²) in [4.78, 5) is 17.8. The van der Waals surface area contributed by atoms with Crippen molar-refractivity contribution >= 4 is 34.3 Å². The van der Waals surface area contributed by atoms with Crippen LogP contribution in [0.5, 0.6) is 0 Å². The summed E-state index contributed by atoms with van der Waals surface area (Å²) in [5.41, 5.74) is 12.3. The maximum absolute atomic E-state index is 4.99. The van der Waals surface area contributed by atoms with E-state index in [4.69, 9.17) is 9.98 Å². The van der Waals surface area contributed by atoms with Crippen LogP contribution in [0.3, 0.4) is 0 Å². The van der Waals surface area contributed by atoms with Gasteiger partial charge in [0.2, 0.25) is 0 Å². The van der Waals surface area contributed by atoms with Gasteiger partial charge in [0.25, 0.3) is 0 Å². The number of imidazole rings is 1. The van der Waals surface area contributed by atoms with E-state index in [9.17, 15) is 0 Å². The normalized spacial score (nSPS) is 13.9. The van der Waals surface area contributed by atoms with Gasteiger partial charge < -0.3 is 4.98 Å². The molecule has 0 radical (unpaired) electrons. The van der Waals surface area contributed by atoms with Gasteiger partial charge in [-0.05, 0) is 52.1 Å². The van der Waals surface area contributed by atoms with Gasteiger partial charge in [-0.2, -0.15) is 0 Å². The van der Waals surface area contributed by atoms with Crippen LogP contribution in [0.1, 0.15) is 16.7 Å². The fourth-order valence-electron chi connectivity index (χ4n) is 4.73. The second-order valence-corrected chi connectivity index (χ2v) is 8.62. The molecular weight excluding hydrogens is 404 g/mol. The molecule has 1 N–H and O–H groups in total. The highest BCUT2D eigenvalue weighted by Crippen LogP contribution is 2.34. The molecule has 0 bridgehead atoms. The molecule has 3 heterocycles. The SMILES string of the molecule is C1=Nc2cc(-c3nc4ccc(C5=Nc6cc(-c7ccccc7)ccc6C5)cc4[nH]3)ccc2C1. The molecule has 2 aliphatic rings. The van der Waals surface area contributed by atoms with Crippen LogP contribution < -0.4 is 0 Å². The minimum Gasteiger partial charge on any atom is -0.338 e. The molecule has 4 nitrogen and oxygen atoms in total. The van der Waals surface area contributed by atoms with Crippen molar-refractivity contribution in [3.05, 3.63) is 102 Å². The highest BCUT2D eigenvalue weighted by molar-refractivity contribution is 6.08. The minimum atomic E-state index is 0.847. The molecule has 2 aliphatic heterocycles. The van der Waals surface area contributed by atoms with Crippen LogP contribution >= 0.6 is 0 Å². The van der Waals surface area contributed by atoms with Crippen LogP contribution in [-0.2, 0) is 12.8 Å². The van der Waals surface area contributed by atoms with E-state index in [0.717, 1.165) is 57.9 Å². The maximum atomic E-state index is 4.99. The van der Waals surface area contributed by atoms with Crippen molar-refractivity contribution in [2.75, 3.05) is 0 Å². The van der Waals surface area contributed by atoms with Crippen LogP contribution in [-0.4, -0.2) is 21.9 Å². The molecule has 0 atom stereocenters. The summed E-state index contributed by atoms with van der Waals surface area (Å²) in [5.74, 6) is 0.871.